The van der Waals surface area contributed by atoms with Crippen molar-refractivity contribution in [1.82, 2.24) is 19.1 Å². The highest BCUT2D eigenvalue weighted by atomic mass is 35.5. The minimum Gasteiger partial charge on any atom is -0.325 e. The minimum absolute atomic E-state index is 0.00173. The summed E-state index contributed by atoms with van der Waals surface area (Å²) in [6.07, 6.45) is 2.74. The van der Waals surface area contributed by atoms with Crippen molar-refractivity contribution in [2.45, 2.75) is 26.9 Å². The van der Waals surface area contributed by atoms with Crippen LogP contribution in [0.25, 0.3) is 11.2 Å². The number of anilines is 1. The topological polar surface area (TPSA) is 98.9 Å². The van der Waals surface area contributed by atoms with Crippen LogP contribution in [0.3, 0.4) is 0 Å². The van der Waals surface area contributed by atoms with E-state index in [4.69, 9.17) is 11.6 Å². The Hall–Kier alpha value is -3.78. The van der Waals surface area contributed by atoms with E-state index in [1.165, 1.54) is 12.4 Å². The lowest BCUT2D eigenvalue weighted by atomic mass is 10.1. The van der Waals surface area contributed by atoms with Gasteiger partial charge in [0.2, 0.25) is 5.91 Å². The molecule has 0 saturated heterocycles. The summed E-state index contributed by atoms with van der Waals surface area (Å²) in [5, 5.41) is 3.22. The molecular weight excluding hydrogens is 430 g/mol. The van der Waals surface area contributed by atoms with Crippen molar-refractivity contribution in [3.05, 3.63) is 97.4 Å². The number of aromatic nitrogens is 4. The van der Waals surface area contributed by atoms with Crippen molar-refractivity contribution in [1.29, 1.82) is 0 Å². The second-order valence-electron chi connectivity index (χ2n) is 7.43. The van der Waals surface area contributed by atoms with Crippen molar-refractivity contribution in [2.75, 3.05) is 5.32 Å². The lowest BCUT2D eigenvalue weighted by molar-refractivity contribution is -0.116. The van der Waals surface area contributed by atoms with Gasteiger partial charge in [0.15, 0.2) is 11.2 Å². The zero-order valence-electron chi connectivity index (χ0n) is 17.5. The van der Waals surface area contributed by atoms with Gasteiger partial charge < -0.3 is 5.32 Å². The van der Waals surface area contributed by atoms with E-state index >= 15 is 0 Å². The molecule has 32 heavy (non-hydrogen) atoms. The molecule has 8 nitrogen and oxygen atoms in total. The van der Waals surface area contributed by atoms with Gasteiger partial charge in [-0.3, -0.25) is 18.7 Å². The third-order valence-electron chi connectivity index (χ3n) is 5.22. The van der Waals surface area contributed by atoms with Crippen LogP contribution in [0.15, 0.2) is 64.4 Å². The average Bonchev–Trinajstić information content (AvgIpc) is 2.78. The van der Waals surface area contributed by atoms with Crippen LogP contribution in [-0.2, 0) is 17.9 Å². The number of hydrogen-bond donors (Lipinski definition) is 1. The summed E-state index contributed by atoms with van der Waals surface area (Å²) in [7, 11) is 0. The maximum Gasteiger partial charge on any atom is 0.333 e. The highest BCUT2D eigenvalue weighted by Gasteiger charge is 2.18. The number of hydrogen-bond acceptors (Lipinski definition) is 5. The predicted octanol–water partition coefficient (Wildman–Crippen LogP) is 2.91. The Morgan fingerprint density at radius 2 is 1.75 bits per heavy atom. The summed E-state index contributed by atoms with van der Waals surface area (Å²) >= 11 is 6.22. The smallest absolute Gasteiger partial charge is 0.325 e. The van der Waals surface area contributed by atoms with E-state index in [1.807, 2.05) is 26.0 Å². The summed E-state index contributed by atoms with van der Waals surface area (Å²) < 4.78 is 2.17. The monoisotopic (exact) mass is 449 g/mol. The van der Waals surface area contributed by atoms with Crippen LogP contribution < -0.4 is 16.6 Å². The first kappa shape index (κ1) is 21.5. The molecule has 0 aliphatic rings. The fourth-order valence-electron chi connectivity index (χ4n) is 3.37. The minimum atomic E-state index is -0.668. The Morgan fingerprint density at radius 3 is 2.50 bits per heavy atom. The number of fused-ring (bicyclic) bond motifs is 1. The summed E-state index contributed by atoms with van der Waals surface area (Å²) in [5.74, 6) is -0.426. The molecule has 2 aromatic carbocycles. The molecule has 0 fully saturated rings. The van der Waals surface area contributed by atoms with Gasteiger partial charge in [0, 0.05) is 23.1 Å². The highest BCUT2D eigenvalue weighted by Crippen LogP contribution is 2.16. The maximum atomic E-state index is 13.2. The van der Waals surface area contributed by atoms with Gasteiger partial charge >= 0.3 is 5.69 Å². The number of nitrogens with zero attached hydrogens (tertiary/aromatic N) is 4. The molecule has 1 amide bonds. The van der Waals surface area contributed by atoms with E-state index in [2.05, 4.69) is 15.3 Å². The van der Waals surface area contributed by atoms with Gasteiger partial charge in [-0.1, -0.05) is 35.9 Å². The first-order valence-electron chi connectivity index (χ1n) is 9.90. The molecule has 0 aliphatic carbocycles. The number of aryl methyl sites for hydroxylation is 2. The van der Waals surface area contributed by atoms with Gasteiger partial charge in [-0.05, 0) is 48.7 Å². The van der Waals surface area contributed by atoms with E-state index < -0.39 is 17.2 Å². The van der Waals surface area contributed by atoms with Crippen LogP contribution in [0.5, 0.6) is 0 Å². The van der Waals surface area contributed by atoms with Crippen molar-refractivity contribution < 1.29 is 4.79 Å². The van der Waals surface area contributed by atoms with Gasteiger partial charge in [0.1, 0.15) is 6.54 Å². The molecule has 2 heterocycles. The van der Waals surface area contributed by atoms with Gasteiger partial charge in [-0.15, -0.1) is 0 Å². The van der Waals surface area contributed by atoms with Crippen LogP contribution in [0.4, 0.5) is 5.69 Å². The molecule has 0 spiro atoms. The van der Waals surface area contributed by atoms with Crippen molar-refractivity contribution in [2.24, 2.45) is 0 Å². The van der Waals surface area contributed by atoms with Crippen LogP contribution in [0.2, 0.25) is 5.02 Å². The number of rotatable bonds is 5. The summed E-state index contributed by atoms with van der Waals surface area (Å²) in [6.45, 7) is 3.54. The number of carbonyl (C=O) groups excluding carboxylic acids is 1. The second kappa shape index (κ2) is 8.76. The van der Waals surface area contributed by atoms with Crippen LogP contribution in [0, 0.1) is 13.8 Å². The Kier molecular flexibility index (Phi) is 5.87. The number of halogens is 1. The van der Waals surface area contributed by atoms with E-state index in [-0.39, 0.29) is 24.3 Å². The van der Waals surface area contributed by atoms with Gasteiger partial charge in [-0.25, -0.2) is 14.8 Å². The van der Waals surface area contributed by atoms with E-state index in [0.717, 1.165) is 20.3 Å². The Morgan fingerprint density at radius 1 is 1.00 bits per heavy atom. The molecule has 162 valence electrons. The quantitative estimate of drug-likeness (QED) is 0.505. The number of amides is 1. The summed E-state index contributed by atoms with van der Waals surface area (Å²) in [5.41, 5.74) is 2.14. The van der Waals surface area contributed by atoms with Crippen molar-refractivity contribution in [3.63, 3.8) is 0 Å². The lowest BCUT2D eigenvalue weighted by Gasteiger charge is -2.14. The summed E-state index contributed by atoms with van der Waals surface area (Å²) in [6, 6.07) is 12.5. The van der Waals surface area contributed by atoms with Gasteiger partial charge in [0.25, 0.3) is 5.56 Å². The lowest BCUT2D eigenvalue weighted by Crippen LogP contribution is -2.42. The zero-order valence-corrected chi connectivity index (χ0v) is 18.3. The molecule has 9 heteroatoms. The third kappa shape index (κ3) is 4.17. The molecule has 1 N–H and O–H groups in total. The van der Waals surface area contributed by atoms with Crippen molar-refractivity contribution >= 4 is 34.4 Å². The molecule has 0 saturated carbocycles. The molecule has 0 bridgehead atoms. The van der Waals surface area contributed by atoms with Crippen LogP contribution in [0.1, 0.15) is 16.7 Å². The fraction of sp³-hybridized carbons (Fsp3) is 0.174. The van der Waals surface area contributed by atoms with Crippen LogP contribution in [-0.4, -0.2) is 25.0 Å². The van der Waals surface area contributed by atoms with Crippen molar-refractivity contribution in [3.8, 4) is 0 Å². The standard InChI is InChI=1S/C23H20ClN5O3/c1-14-7-8-17(11-15(14)2)27-19(30)13-28-21-20(25-9-10-26-21)22(31)29(23(28)32)12-16-5-3-4-6-18(16)24/h3-11H,12-13H2,1-2H3,(H,27,30). The van der Waals surface area contributed by atoms with Crippen LogP contribution >= 0.6 is 11.6 Å². The summed E-state index contributed by atoms with van der Waals surface area (Å²) in [4.78, 5) is 47.2. The largest absolute Gasteiger partial charge is 0.333 e. The molecule has 4 rings (SSSR count). The van der Waals surface area contributed by atoms with E-state index in [9.17, 15) is 14.4 Å². The number of nitrogens with one attached hydrogen (secondary N) is 1. The molecule has 2 aromatic heterocycles. The predicted molar refractivity (Wildman–Crippen MR) is 123 cm³/mol. The number of carbonyl (C=O) groups is 1. The molecule has 0 unspecified atom stereocenters. The SMILES string of the molecule is Cc1ccc(NC(=O)Cn2c(=O)n(Cc3ccccc3Cl)c(=O)c3nccnc32)cc1C. The average molecular weight is 450 g/mol. The van der Waals surface area contributed by atoms with Gasteiger partial charge in [-0.2, -0.15) is 0 Å². The molecular formula is C23H20ClN5O3. The Bertz CT molecular complexity index is 1460. The normalized spacial score (nSPS) is 11.0. The maximum absolute atomic E-state index is 13.2. The number of benzene rings is 2. The zero-order chi connectivity index (χ0) is 22.8. The molecule has 0 aliphatic heterocycles. The third-order valence-corrected chi connectivity index (χ3v) is 5.59. The van der Waals surface area contributed by atoms with E-state index in [0.29, 0.717) is 16.3 Å². The fourth-order valence-corrected chi connectivity index (χ4v) is 3.57. The highest BCUT2D eigenvalue weighted by molar-refractivity contribution is 6.31. The second-order valence-corrected chi connectivity index (χ2v) is 7.83. The Labute approximate surface area is 188 Å². The van der Waals surface area contributed by atoms with Gasteiger partial charge in [0.05, 0.1) is 6.54 Å². The first-order valence-corrected chi connectivity index (χ1v) is 10.3. The Balaban J connectivity index is 1.75. The molecule has 4 aromatic rings. The molecule has 0 radical (unpaired) electrons. The van der Waals surface area contributed by atoms with E-state index in [1.54, 1.807) is 30.3 Å². The first-order chi connectivity index (χ1) is 15.3. The molecule has 0 atom stereocenters.